The van der Waals surface area contributed by atoms with Gasteiger partial charge in [0.25, 0.3) is 0 Å². The summed E-state index contributed by atoms with van der Waals surface area (Å²) in [6.45, 7) is 3.60. The molecule has 6 heteroatoms. The predicted molar refractivity (Wildman–Crippen MR) is 93.0 cm³/mol. The topological polar surface area (TPSA) is 51.1 Å². The standard InChI is InChI=1S/C19H17FN4O/c1-11-16-4-3-13(20)6-17(16)23-19(22-11)12-2-5-18(21-8-12)24-9-15-7-14(24)10-25-15/h2-6,8,14-15H,7,9-10H2,1H3/t14-,15-/m1/s1. The third kappa shape index (κ3) is 2.44. The molecule has 4 heterocycles. The second-order valence-corrected chi connectivity index (χ2v) is 6.70. The molecular weight excluding hydrogens is 319 g/mol. The van der Waals surface area contributed by atoms with E-state index < -0.39 is 0 Å². The van der Waals surface area contributed by atoms with Crippen LogP contribution in [0.1, 0.15) is 12.1 Å². The molecule has 5 nitrogen and oxygen atoms in total. The van der Waals surface area contributed by atoms with Gasteiger partial charge in [0.2, 0.25) is 0 Å². The highest BCUT2D eigenvalue weighted by Crippen LogP contribution is 2.32. The summed E-state index contributed by atoms with van der Waals surface area (Å²) in [5.74, 6) is 1.24. The number of hydrogen-bond donors (Lipinski definition) is 0. The van der Waals surface area contributed by atoms with Gasteiger partial charge < -0.3 is 9.64 Å². The molecule has 0 N–H and O–H groups in total. The molecule has 2 aliphatic heterocycles. The van der Waals surface area contributed by atoms with Crippen molar-refractivity contribution < 1.29 is 9.13 Å². The van der Waals surface area contributed by atoms with Crippen LogP contribution in [0.3, 0.4) is 0 Å². The minimum Gasteiger partial charge on any atom is -0.374 e. The van der Waals surface area contributed by atoms with E-state index in [0.29, 0.717) is 23.5 Å². The number of fused-ring (bicyclic) bond motifs is 3. The average molecular weight is 336 g/mol. The SMILES string of the molecule is Cc1nc(-c2ccc(N3C[C@H]4C[C@@H]3CO4)nc2)nc2cc(F)ccc12. The minimum absolute atomic E-state index is 0.295. The van der Waals surface area contributed by atoms with Gasteiger partial charge in [0.15, 0.2) is 5.82 Å². The van der Waals surface area contributed by atoms with Crippen molar-refractivity contribution in [2.24, 2.45) is 0 Å². The molecule has 2 bridgehead atoms. The molecule has 1 aromatic carbocycles. The molecular formula is C19H17FN4O. The first kappa shape index (κ1) is 14.7. The maximum atomic E-state index is 13.5. The number of rotatable bonds is 2. The van der Waals surface area contributed by atoms with E-state index in [1.807, 2.05) is 19.1 Å². The summed E-state index contributed by atoms with van der Waals surface area (Å²) in [5, 5.41) is 0.864. The second kappa shape index (κ2) is 5.46. The van der Waals surface area contributed by atoms with Crippen molar-refractivity contribution in [2.75, 3.05) is 18.1 Å². The highest BCUT2D eigenvalue weighted by atomic mass is 19.1. The Bertz CT molecular complexity index is 960. The van der Waals surface area contributed by atoms with Gasteiger partial charge in [-0.25, -0.2) is 19.3 Å². The summed E-state index contributed by atoms with van der Waals surface area (Å²) in [7, 11) is 0. The normalized spacial score (nSPS) is 22.1. The van der Waals surface area contributed by atoms with Crippen molar-refractivity contribution in [2.45, 2.75) is 25.5 Å². The van der Waals surface area contributed by atoms with Gasteiger partial charge in [0.1, 0.15) is 11.6 Å². The maximum Gasteiger partial charge on any atom is 0.161 e. The third-order valence-corrected chi connectivity index (χ3v) is 5.05. The number of morpholine rings is 1. The van der Waals surface area contributed by atoms with Gasteiger partial charge in [-0.1, -0.05) is 0 Å². The lowest BCUT2D eigenvalue weighted by Crippen LogP contribution is -2.37. The molecule has 25 heavy (non-hydrogen) atoms. The Labute approximate surface area is 144 Å². The van der Waals surface area contributed by atoms with Crippen LogP contribution in [0.5, 0.6) is 0 Å². The zero-order valence-electron chi connectivity index (χ0n) is 13.8. The number of ether oxygens (including phenoxy) is 1. The van der Waals surface area contributed by atoms with E-state index >= 15 is 0 Å². The number of hydrogen-bond acceptors (Lipinski definition) is 5. The van der Waals surface area contributed by atoms with Gasteiger partial charge in [-0.3, -0.25) is 0 Å². The molecule has 0 amide bonds. The first-order valence-corrected chi connectivity index (χ1v) is 8.46. The smallest absolute Gasteiger partial charge is 0.161 e. The Morgan fingerprint density at radius 1 is 1.20 bits per heavy atom. The highest BCUT2D eigenvalue weighted by Gasteiger charge is 2.39. The maximum absolute atomic E-state index is 13.5. The fourth-order valence-corrected chi connectivity index (χ4v) is 3.76. The zero-order valence-corrected chi connectivity index (χ0v) is 13.8. The van der Waals surface area contributed by atoms with Gasteiger partial charge >= 0.3 is 0 Å². The molecule has 3 aromatic rings. The van der Waals surface area contributed by atoms with E-state index in [4.69, 9.17) is 4.74 Å². The van der Waals surface area contributed by atoms with Crippen LogP contribution in [0.4, 0.5) is 10.2 Å². The fraction of sp³-hybridized carbons (Fsp3) is 0.316. The Hall–Kier alpha value is -2.60. The summed E-state index contributed by atoms with van der Waals surface area (Å²) in [4.78, 5) is 16.0. The molecule has 0 spiro atoms. The Kier molecular flexibility index (Phi) is 3.21. The number of pyridine rings is 1. The highest BCUT2D eigenvalue weighted by molar-refractivity contribution is 5.82. The van der Waals surface area contributed by atoms with E-state index in [1.54, 1.807) is 12.3 Å². The number of aromatic nitrogens is 3. The van der Waals surface area contributed by atoms with Gasteiger partial charge in [0.05, 0.1) is 24.3 Å². The molecule has 0 aliphatic carbocycles. The van der Waals surface area contributed by atoms with Gasteiger partial charge in [-0.2, -0.15) is 0 Å². The average Bonchev–Trinajstić information content (AvgIpc) is 3.25. The Balaban J connectivity index is 1.50. The molecule has 0 unspecified atom stereocenters. The lowest BCUT2D eigenvalue weighted by molar-refractivity contribution is 0.0989. The largest absolute Gasteiger partial charge is 0.374 e. The van der Waals surface area contributed by atoms with E-state index in [1.165, 1.54) is 12.1 Å². The lowest BCUT2D eigenvalue weighted by Gasteiger charge is -2.27. The number of nitrogens with zero attached hydrogens (tertiary/aromatic N) is 4. The number of aryl methyl sites for hydroxylation is 1. The van der Waals surface area contributed by atoms with Crippen LogP contribution >= 0.6 is 0 Å². The molecule has 2 saturated heterocycles. The summed E-state index contributed by atoms with van der Waals surface area (Å²) in [5.41, 5.74) is 2.28. The van der Waals surface area contributed by atoms with Crippen LogP contribution in [0.2, 0.25) is 0 Å². The first-order valence-electron chi connectivity index (χ1n) is 8.46. The molecule has 2 fully saturated rings. The fourth-order valence-electron chi connectivity index (χ4n) is 3.76. The van der Waals surface area contributed by atoms with Crippen LogP contribution in [-0.4, -0.2) is 40.2 Å². The molecule has 2 atom stereocenters. The zero-order chi connectivity index (χ0) is 17.0. The summed E-state index contributed by atoms with van der Waals surface area (Å²) in [6, 6.07) is 9.01. The number of anilines is 1. The summed E-state index contributed by atoms with van der Waals surface area (Å²) < 4.78 is 19.2. The summed E-state index contributed by atoms with van der Waals surface area (Å²) >= 11 is 0. The van der Waals surface area contributed by atoms with Crippen LogP contribution in [0.15, 0.2) is 36.5 Å². The monoisotopic (exact) mass is 336 g/mol. The first-order chi connectivity index (χ1) is 12.2. The van der Waals surface area contributed by atoms with Gasteiger partial charge in [-0.15, -0.1) is 0 Å². The van der Waals surface area contributed by atoms with E-state index in [0.717, 1.165) is 42.0 Å². The van der Waals surface area contributed by atoms with Crippen LogP contribution in [0.25, 0.3) is 22.3 Å². The quantitative estimate of drug-likeness (QED) is 0.720. The summed E-state index contributed by atoms with van der Waals surface area (Å²) in [6.07, 6.45) is 3.22. The molecule has 0 radical (unpaired) electrons. The van der Waals surface area contributed by atoms with E-state index in [-0.39, 0.29) is 5.82 Å². The Morgan fingerprint density at radius 3 is 2.84 bits per heavy atom. The number of benzene rings is 1. The third-order valence-electron chi connectivity index (χ3n) is 5.05. The molecule has 5 rings (SSSR count). The van der Waals surface area contributed by atoms with E-state index in [9.17, 15) is 4.39 Å². The van der Waals surface area contributed by atoms with Crippen molar-refractivity contribution in [3.8, 4) is 11.4 Å². The Morgan fingerprint density at radius 2 is 2.12 bits per heavy atom. The molecule has 0 saturated carbocycles. The lowest BCUT2D eigenvalue weighted by atomic mass is 10.1. The van der Waals surface area contributed by atoms with E-state index in [2.05, 4.69) is 19.9 Å². The van der Waals surface area contributed by atoms with Crippen LogP contribution < -0.4 is 4.90 Å². The van der Waals surface area contributed by atoms with Crippen molar-refractivity contribution in [3.63, 3.8) is 0 Å². The minimum atomic E-state index is -0.295. The van der Waals surface area contributed by atoms with Crippen molar-refractivity contribution in [3.05, 3.63) is 48.0 Å². The van der Waals surface area contributed by atoms with Crippen molar-refractivity contribution >= 4 is 16.7 Å². The number of halogens is 1. The van der Waals surface area contributed by atoms with Crippen molar-refractivity contribution in [1.82, 2.24) is 15.0 Å². The second-order valence-electron chi connectivity index (χ2n) is 6.70. The molecule has 2 aliphatic rings. The van der Waals surface area contributed by atoms with Gasteiger partial charge in [-0.05, 0) is 37.6 Å². The molecule has 2 aromatic heterocycles. The predicted octanol–water partition coefficient (Wildman–Crippen LogP) is 3.12. The van der Waals surface area contributed by atoms with Gasteiger partial charge in [0, 0.05) is 35.5 Å². The molecule has 126 valence electrons. The van der Waals surface area contributed by atoms with Crippen LogP contribution in [0, 0.1) is 12.7 Å². The van der Waals surface area contributed by atoms with Crippen molar-refractivity contribution in [1.29, 1.82) is 0 Å². The van der Waals surface area contributed by atoms with Crippen LogP contribution in [-0.2, 0) is 4.74 Å².